The van der Waals surface area contributed by atoms with E-state index in [0.717, 1.165) is 18.6 Å². The minimum absolute atomic E-state index is 0.00643. The van der Waals surface area contributed by atoms with Crippen LogP contribution in [0.25, 0.3) is 0 Å². The van der Waals surface area contributed by atoms with Gasteiger partial charge >= 0.3 is 12.2 Å². The molecule has 2 heterocycles. The second kappa shape index (κ2) is 8.47. The van der Waals surface area contributed by atoms with Gasteiger partial charge in [-0.15, -0.1) is 0 Å². The summed E-state index contributed by atoms with van der Waals surface area (Å²) in [5.41, 5.74) is -2.11. The van der Waals surface area contributed by atoms with Crippen molar-refractivity contribution in [1.29, 1.82) is 0 Å². The summed E-state index contributed by atoms with van der Waals surface area (Å²) < 4.78 is 63.7. The summed E-state index contributed by atoms with van der Waals surface area (Å²) in [5, 5.41) is 0. The first-order valence-corrected chi connectivity index (χ1v) is 8.77. The predicted octanol–water partition coefficient (Wildman–Crippen LogP) is 4.66. The number of halogens is 4. The minimum Gasteiger partial charge on any atom is -0.475 e. The van der Waals surface area contributed by atoms with Crippen LogP contribution < -0.4 is 14.4 Å². The van der Waals surface area contributed by atoms with Gasteiger partial charge in [0.25, 0.3) is 5.88 Å². The van der Waals surface area contributed by atoms with Crippen LogP contribution in [0.2, 0.25) is 0 Å². The molecule has 30 heavy (non-hydrogen) atoms. The van der Waals surface area contributed by atoms with E-state index >= 15 is 0 Å². The highest BCUT2D eigenvalue weighted by Gasteiger charge is 2.43. The molecule has 1 aliphatic heterocycles. The number of ether oxygens (including phenoxy) is 2. The Kier molecular flexibility index (Phi) is 5.99. The fourth-order valence-corrected chi connectivity index (χ4v) is 2.55. The van der Waals surface area contributed by atoms with Gasteiger partial charge in [-0.2, -0.15) is 18.2 Å². The highest BCUT2D eigenvalue weighted by atomic mass is 19.4. The monoisotopic (exact) mass is 425 g/mol. The largest absolute Gasteiger partial charge is 0.475 e. The molecule has 1 aliphatic rings. The maximum absolute atomic E-state index is 14.3. The van der Waals surface area contributed by atoms with Crippen LogP contribution in [-0.2, 0) is 4.79 Å². The lowest BCUT2D eigenvalue weighted by Crippen LogP contribution is -2.44. The van der Waals surface area contributed by atoms with Crippen molar-refractivity contribution in [2.75, 3.05) is 11.5 Å². The fraction of sp³-hybridized carbons (Fsp3) is 0.263. The predicted molar refractivity (Wildman–Crippen MR) is 97.5 cm³/mol. The van der Waals surface area contributed by atoms with Crippen LogP contribution in [0.3, 0.4) is 0 Å². The molecule has 0 saturated carbocycles. The Morgan fingerprint density at radius 1 is 1.20 bits per heavy atom. The summed E-state index contributed by atoms with van der Waals surface area (Å²) in [6.45, 7) is 2.27. The van der Waals surface area contributed by atoms with E-state index in [0.29, 0.717) is 6.61 Å². The highest BCUT2D eigenvalue weighted by molar-refractivity contribution is 6.26. The minimum atomic E-state index is -4.93. The zero-order chi connectivity index (χ0) is 21.9. The zero-order valence-electron chi connectivity index (χ0n) is 15.6. The average Bonchev–Trinajstić information content (AvgIpc) is 2.68. The molecule has 11 heteroatoms. The molecule has 0 aliphatic carbocycles. The number of urea groups is 1. The lowest BCUT2D eigenvalue weighted by Gasteiger charge is -2.25. The molecule has 7 nitrogen and oxygen atoms in total. The van der Waals surface area contributed by atoms with Crippen molar-refractivity contribution in [1.82, 2.24) is 4.98 Å². The van der Waals surface area contributed by atoms with Crippen molar-refractivity contribution < 1.29 is 36.6 Å². The molecule has 1 aromatic heterocycles. The van der Waals surface area contributed by atoms with Crippen LogP contribution in [0.1, 0.15) is 19.8 Å². The number of hydrogen-bond acceptors (Lipinski definition) is 5. The molecule has 0 saturated heterocycles. The van der Waals surface area contributed by atoms with E-state index in [4.69, 9.17) is 9.47 Å². The number of nitrogens with zero attached hydrogens (tertiary/aromatic N) is 3. The molecule has 0 atom stereocenters. The van der Waals surface area contributed by atoms with Crippen molar-refractivity contribution in [3.63, 3.8) is 0 Å². The number of alkyl halides is 3. The fourth-order valence-electron chi connectivity index (χ4n) is 2.55. The van der Waals surface area contributed by atoms with Gasteiger partial charge in [0.05, 0.1) is 18.7 Å². The number of aromatic nitrogens is 1. The Balaban J connectivity index is 1.91. The van der Waals surface area contributed by atoms with Gasteiger partial charge in [-0.3, -0.25) is 4.79 Å². The van der Waals surface area contributed by atoms with Crippen molar-refractivity contribution in [3.8, 4) is 17.4 Å². The number of pyridine rings is 1. The van der Waals surface area contributed by atoms with Crippen LogP contribution in [0.5, 0.6) is 17.4 Å². The zero-order valence-corrected chi connectivity index (χ0v) is 15.6. The Hall–Kier alpha value is -3.50. The second-order valence-corrected chi connectivity index (χ2v) is 6.12. The van der Waals surface area contributed by atoms with Gasteiger partial charge in [0.1, 0.15) is 17.3 Å². The third-order valence-electron chi connectivity index (χ3n) is 3.88. The van der Waals surface area contributed by atoms with Crippen molar-refractivity contribution >= 4 is 23.3 Å². The number of carbonyl (C=O) groups excluding carboxylic acids is 2. The summed E-state index contributed by atoms with van der Waals surface area (Å²) in [7, 11) is 0. The topological polar surface area (TPSA) is 81.1 Å². The molecular formula is C19H15F4N3O4. The lowest BCUT2D eigenvalue weighted by molar-refractivity contribution is -0.118. The number of imide groups is 1. The molecule has 1 aromatic carbocycles. The molecule has 0 radical (unpaired) electrons. The standard InChI is InChI=1S/C19H15F4N3O4/c1-2-8-29-17-14(4-3-7-24-17)30-11-5-6-12(20)13(9-11)26-16(27)10-15(19(21,22)23)25-18(26)28/h3-7,9H,2,8,10H2,1H3. The summed E-state index contributed by atoms with van der Waals surface area (Å²) >= 11 is 0. The second-order valence-electron chi connectivity index (χ2n) is 6.12. The number of anilines is 1. The number of aliphatic imine (C=N–C) groups is 1. The summed E-state index contributed by atoms with van der Waals surface area (Å²) in [6.07, 6.45) is -3.92. The van der Waals surface area contributed by atoms with Crippen LogP contribution in [0.4, 0.5) is 28.0 Å². The van der Waals surface area contributed by atoms with Crippen LogP contribution in [0.15, 0.2) is 41.5 Å². The number of amides is 3. The Morgan fingerprint density at radius 2 is 1.97 bits per heavy atom. The van der Waals surface area contributed by atoms with Crippen LogP contribution in [-0.4, -0.2) is 35.4 Å². The number of carbonyl (C=O) groups is 2. The molecule has 0 fully saturated rings. The third-order valence-corrected chi connectivity index (χ3v) is 3.88. The highest BCUT2D eigenvalue weighted by Crippen LogP contribution is 2.34. The molecule has 0 unspecified atom stereocenters. The van der Waals surface area contributed by atoms with Gasteiger partial charge in [-0.1, -0.05) is 6.92 Å². The van der Waals surface area contributed by atoms with Crippen molar-refractivity contribution in [2.45, 2.75) is 25.9 Å². The normalized spacial score (nSPS) is 14.6. The maximum Gasteiger partial charge on any atom is 0.430 e. The number of benzene rings is 1. The summed E-state index contributed by atoms with van der Waals surface area (Å²) in [6, 6.07) is 4.72. The smallest absolute Gasteiger partial charge is 0.430 e. The summed E-state index contributed by atoms with van der Waals surface area (Å²) in [4.78, 5) is 31.3. The van der Waals surface area contributed by atoms with Crippen molar-refractivity contribution in [2.24, 2.45) is 4.99 Å². The van der Waals surface area contributed by atoms with Gasteiger partial charge in [0.2, 0.25) is 5.91 Å². The SMILES string of the molecule is CCCOc1ncccc1Oc1ccc(F)c(N2C(=O)CC(C(F)(F)F)=NC2=O)c1. The first kappa shape index (κ1) is 21.2. The van der Waals surface area contributed by atoms with Gasteiger partial charge in [-0.05, 0) is 30.7 Å². The van der Waals surface area contributed by atoms with E-state index < -0.39 is 41.8 Å². The first-order chi connectivity index (χ1) is 14.2. The summed E-state index contributed by atoms with van der Waals surface area (Å²) in [5.74, 6) is -1.89. The molecule has 2 aromatic rings. The van der Waals surface area contributed by atoms with E-state index in [2.05, 4.69) is 9.98 Å². The Morgan fingerprint density at radius 3 is 2.63 bits per heavy atom. The Labute approximate surface area is 167 Å². The van der Waals surface area contributed by atoms with E-state index in [9.17, 15) is 27.2 Å². The third kappa shape index (κ3) is 4.56. The van der Waals surface area contributed by atoms with Crippen LogP contribution >= 0.6 is 0 Å². The maximum atomic E-state index is 14.3. The molecular weight excluding hydrogens is 410 g/mol. The van der Waals surface area contributed by atoms with Gasteiger partial charge < -0.3 is 9.47 Å². The van der Waals surface area contributed by atoms with E-state index in [-0.39, 0.29) is 22.3 Å². The Bertz CT molecular complexity index is 1010. The molecule has 0 spiro atoms. The quantitative estimate of drug-likeness (QED) is 0.629. The number of hydrogen-bond donors (Lipinski definition) is 0. The molecule has 3 rings (SSSR count). The molecule has 158 valence electrons. The van der Waals surface area contributed by atoms with Crippen LogP contribution in [0, 0.1) is 5.82 Å². The van der Waals surface area contributed by atoms with E-state index in [1.54, 1.807) is 6.07 Å². The van der Waals surface area contributed by atoms with E-state index in [1.165, 1.54) is 18.3 Å². The van der Waals surface area contributed by atoms with Crippen molar-refractivity contribution in [3.05, 3.63) is 42.3 Å². The molecule has 3 amide bonds. The van der Waals surface area contributed by atoms with Gasteiger partial charge in [0.15, 0.2) is 5.75 Å². The number of rotatable bonds is 6. The van der Waals surface area contributed by atoms with Gasteiger partial charge in [-0.25, -0.2) is 19.1 Å². The van der Waals surface area contributed by atoms with E-state index in [1.807, 2.05) is 6.92 Å². The molecule has 0 bridgehead atoms. The first-order valence-electron chi connectivity index (χ1n) is 8.77. The van der Waals surface area contributed by atoms with Gasteiger partial charge in [0, 0.05) is 12.3 Å². The molecule has 0 N–H and O–H groups in total. The lowest BCUT2D eigenvalue weighted by atomic mass is 10.1. The average molecular weight is 425 g/mol.